The second-order valence-corrected chi connectivity index (χ2v) is 5.72. The summed E-state index contributed by atoms with van der Waals surface area (Å²) in [5, 5.41) is 3.33. The summed E-state index contributed by atoms with van der Waals surface area (Å²) < 4.78 is 0. The Balaban J connectivity index is 1.79. The van der Waals surface area contributed by atoms with E-state index in [2.05, 4.69) is 31.1 Å². The molecule has 0 aromatic heterocycles. The molecule has 88 valence electrons. The van der Waals surface area contributed by atoms with E-state index in [1.807, 2.05) is 0 Å². The quantitative estimate of drug-likeness (QED) is 0.764. The van der Waals surface area contributed by atoms with E-state index in [-0.39, 0.29) is 0 Å². The molecule has 1 aliphatic heterocycles. The van der Waals surface area contributed by atoms with Crippen LogP contribution in [0, 0.1) is 11.8 Å². The minimum atomic E-state index is 0.827. The lowest BCUT2D eigenvalue weighted by molar-refractivity contribution is 0.0471. The number of hydrogen-bond acceptors (Lipinski definition) is 2. The van der Waals surface area contributed by atoms with Crippen LogP contribution in [-0.4, -0.2) is 37.1 Å². The molecule has 1 atom stereocenters. The van der Waals surface area contributed by atoms with Crippen molar-refractivity contribution in [3.05, 3.63) is 0 Å². The molecule has 15 heavy (non-hydrogen) atoms. The van der Waals surface area contributed by atoms with Gasteiger partial charge in [-0.15, -0.1) is 0 Å². The fraction of sp³-hybridized carbons (Fsp3) is 1.00. The third-order valence-corrected chi connectivity index (χ3v) is 4.42. The van der Waals surface area contributed by atoms with Crippen LogP contribution in [0.4, 0.5) is 0 Å². The molecule has 2 nitrogen and oxygen atoms in total. The Bertz CT molecular complexity index is 197. The second kappa shape index (κ2) is 4.84. The van der Waals surface area contributed by atoms with E-state index in [0.717, 1.165) is 23.9 Å². The smallest absolute Gasteiger partial charge is 0.0223 e. The van der Waals surface area contributed by atoms with Gasteiger partial charge in [-0.2, -0.15) is 0 Å². The Morgan fingerprint density at radius 2 is 2.07 bits per heavy atom. The summed E-state index contributed by atoms with van der Waals surface area (Å²) in [6.07, 6.45) is 5.73. The van der Waals surface area contributed by atoms with E-state index in [0.29, 0.717) is 0 Å². The predicted molar refractivity (Wildman–Crippen MR) is 65.0 cm³/mol. The van der Waals surface area contributed by atoms with Crippen LogP contribution >= 0.6 is 0 Å². The van der Waals surface area contributed by atoms with Crippen molar-refractivity contribution in [3.63, 3.8) is 0 Å². The highest BCUT2D eigenvalue weighted by molar-refractivity contribution is 4.94. The van der Waals surface area contributed by atoms with Crippen molar-refractivity contribution >= 4 is 0 Å². The average molecular weight is 210 g/mol. The topological polar surface area (TPSA) is 15.3 Å². The molecule has 1 unspecified atom stereocenters. The van der Waals surface area contributed by atoms with E-state index in [1.54, 1.807) is 0 Å². The van der Waals surface area contributed by atoms with Gasteiger partial charge in [0.15, 0.2) is 0 Å². The molecule has 2 heteroatoms. The summed E-state index contributed by atoms with van der Waals surface area (Å²) in [6.45, 7) is 7.27. The van der Waals surface area contributed by atoms with Gasteiger partial charge in [-0.05, 0) is 51.1 Å². The zero-order chi connectivity index (χ0) is 10.8. The summed E-state index contributed by atoms with van der Waals surface area (Å²) in [5.74, 6) is 1.90. The second-order valence-electron chi connectivity index (χ2n) is 5.72. The minimum absolute atomic E-state index is 0.827. The molecular formula is C13H26N2. The van der Waals surface area contributed by atoms with Crippen LogP contribution in [-0.2, 0) is 0 Å². The van der Waals surface area contributed by atoms with Crippen LogP contribution < -0.4 is 5.32 Å². The van der Waals surface area contributed by atoms with E-state index >= 15 is 0 Å². The summed E-state index contributed by atoms with van der Waals surface area (Å²) in [7, 11) is 2.08. The van der Waals surface area contributed by atoms with Crippen LogP contribution in [0.25, 0.3) is 0 Å². The molecule has 0 aromatic rings. The van der Waals surface area contributed by atoms with E-state index in [4.69, 9.17) is 0 Å². The molecule has 1 saturated carbocycles. The van der Waals surface area contributed by atoms with Crippen molar-refractivity contribution in [2.75, 3.05) is 20.1 Å². The fourth-order valence-corrected chi connectivity index (χ4v) is 3.24. The van der Waals surface area contributed by atoms with Gasteiger partial charge in [-0.3, -0.25) is 4.90 Å². The predicted octanol–water partition coefficient (Wildman–Crippen LogP) is 2.10. The first-order valence-electron chi connectivity index (χ1n) is 6.62. The van der Waals surface area contributed by atoms with E-state index < -0.39 is 0 Å². The maximum absolute atomic E-state index is 3.33. The molecular weight excluding hydrogens is 184 g/mol. The SMILES string of the molecule is CNCC1CCCN1C1CC(C(C)C)C1. The van der Waals surface area contributed by atoms with E-state index in [9.17, 15) is 0 Å². The Labute approximate surface area is 94.4 Å². The third-order valence-electron chi connectivity index (χ3n) is 4.42. The van der Waals surface area contributed by atoms with Gasteiger partial charge in [-0.25, -0.2) is 0 Å². The standard InChI is InChI=1S/C13H26N2/c1-10(2)11-7-13(8-11)15-6-4-5-12(15)9-14-3/h10-14H,4-9H2,1-3H3. The van der Waals surface area contributed by atoms with Crippen molar-refractivity contribution in [2.24, 2.45) is 11.8 Å². The van der Waals surface area contributed by atoms with Gasteiger partial charge in [0.05, 0.1) is 0 Å². The van der Waals surface area contributed by atoms with Crippen molar-refractivity contribution < 1.29 is 0 Å². The van der Waals surface area contributed by atoms with Crippen molar-refractivity contribution in [2.45, 2.75) is 51.6 Å². The number of nitrogens with one attached hydrogen (secondary N) is 1. The Morgan fingerprint density at radius 1 is 1.33 bits per heavy atom. The lowest BCUT2D eigenvalue weighted by atomic mass is 9.73. The van der Waals surface area contributed by atoms with Gasteiger partial charge in [0.1, 0.15) is 0 Å². The van der Waals surface area contributed by atoms with Gasteiger partial charge in [0, 0.05) is 18.6 Å². The molecule has 0 spiro atoms. The monoisotopic (exact) mass is 210 g/mol. The Kier molecular flexibility index (Phi) is 3.68. The lowest BCUT2D eigenvalue weighted by Crippen LogP contribution is -2.50. The molecule has 2 fully saturated rings. The maximum atomic E-state index is 3.33. The van der Waals surface area contributed by atoms with E-state index in [1.165, 1.54) is 38.8 Å². The van der Waals surface area contributed by atoms with Crippen molar-refractivity contribution in [1.29, 1.82) is 0 Å². The first-order chi connectivity index (χ1) is 7.22. The first-order valence-corrected chi connectivity index (χ1v) is 6.62. The number of likely N-dealkylation sites (N-methyl/N-ethyl adjacent to an activating group) is 1. The Morgan fingerprint density at radius 3 is 2.67 bits per heavy atom. The number of rotatable bonds is 4. The average Bonchev–Trinajstić information content (AvgIpc) is 2.50. The molecule has 2 rings (SSSR count). The van der Waals surface area contributed by atoms with Gasteiger partial charge in [0.25, 0.3) is 0 Å². The highest BCUT2D eigenvalue weighted by Gasteiger charge is 2.39. The third kappa shape index (κ3) is 2.36. The van der Waals surface area contributed by atoms with Crippen LogP contribution in [0.3, 0.4) is 0 Å². The zero-order valence-electron chi connectivity index (χ0n) is 10.5. The summed E-state index contributed by atoms with van der Waals surface area (Å²) >= 11 is 0. The normalized spacial score (nSPS) is 37.2. The summed E-state index contributed by atoms with van der Waals surface area (Å²) in [6, 6.07) is 1.74. The van der Waals surface area contributed by atoms with Gasteiger partial charge in [0.2, 0.25) is 0 Å². The highest BCUT2D eigenvalue weighted by Crippen LogP contribution is 2.39. The highest BCUT2D eigenvalue weighted by atomic mass is 15.2. The van der Waals surface area contributed by atoms with Gasteiger partial charge >= 0.3 is 0 Å². The first kappa shape index (κ1) is 11.4. The molecule has 0 aromatic carbocycles. The van der Waals surface area contributed by atoms with Crippen molar-refractivity contribution in [3.8, 4) is 0 Å². The largest absolute Gasteiger partial charge is 0.318 e. The van der Waals surface area contributed by atoms with Crippen molar-refractivity contribution in [1.82, 2.24) is 10.2 Å². The molecule has 0 amide bonds. The minimum Gasteiger partial charge on any atom is -0.318 e. The molecule has 1 N–H and O–H groups in total. The number of likely N-dealkylation sites (tertiary alicyclic amines) is 1. The number of hydrogen-bond donors (Lipinski definition) is 1. The van der Waals surface area contributed by atoms with Gasteiger partial charge < -0.3 is 5.32 Å². The van der Waals surface area contributed by atoms with Crippen LogP contribution in [0.2, 0.25) is 0 Å². The van der Waals surface area contributed by atoms with Crippen LogP contribution in [0.1, 0.15) is 39.5 Å². The van der Waals surface area contributed by atoms with Gasteiger partial charge in [-0.1, -0.05) is 13.8 Å². The number of nitrogens with zero attached hydrogens (tertiary/aromatic N) is 1. The zero-order valence-corrected chi connectivity index (χ0v) is 10.5. The molecule has 1 aliphatic carbocycles. The molecule has 1 saturated heterocycles. The molecule has 2 aliphatic rings. The molecule has 0 radical (unpaired) electrons. The molecule has 1 heterocycles. The molecule has 0 bridgehead atoms. The van der Waals surface area contributed by atoms with Crippen LogP contribution in [0.15, 0.2) is 0 Å². The summed E-state index contributed by atoms with van der Waals surface area (Å²) in [4.78, 5) is 2.77. The lowest BCUT2D eigenvalue weighted by Gasteiger charge is -2.45. The summed E-state index contributed by atoms with van der Waals surface area (Å²) in [5.41, 5.74) is 0. The maximum Gasteiger partial charge on any atom is 0.0223 e. The Hall–Kier alpha value is -0.0800. The fourth-order valence-electron chi connectivity index (χ4n) is 3.24. The van der Waals surface area contributed by atoms with Crippen LogP contribution in [0.5, 0.6) is 0 Å².